The second-order valence-corrected chi connectivity index (χ2v) is 7.46. The van der Waals surface area contributed by atoms with E-state index in [4.69, 9.17) is 23.2 Å². The highest BCUT2D eigenvalue weighted by Crippen LogP contribution is 2.26. The van der Waals surface area contributed by atoms with Gasteiger partial charge in [0.25, 0.3) is 11.6 Å². The maximum absolute atomic E-state index is 12.4. The minimum absolute atomic E-state index is 0.0532. The van der Waals surface area contributed by atoms with Gasteiger partial charge in [0.05, 0.1) is 20.5 Å². The lowest BCUT2D eigenvalue weighted by molar-refractivity contribution is -0.384. The molecule has 1 amide bonds. The average Bonchev–Trinajstić information content (AvgIpc) is 2.74. The van der Waals surface area contributed by atoms with Crippen LogP contribution < -0.4 is 10.6 Å². The van der Waals surface area contributed by atoms with E-state index in [1.807, 2.05) is 0 Å². The van der Waals surface area contributed by atoms with E-state index < -0.39 is 22.8 Å². The first-order valence-electron chi connectivity index (χ1n) is 9.18. The van der Waals surface area contributed by atoms with Crippen molar-refractivity contribution in [1.29, 1.82) is 0 Å². The standard InChI is InChI=1S/C21H16Cl2N4O5/c22-14-10-24-11-15(23)19(14)20(28)25-13-7-5-12(6-8-13)9-17(21(29)30)26-16-3-1-2-4-18(16)27(31)32/h1-8,10-11,17,26H,9H2,(H,25,28)(H,29,30)/t17-/m0/s1. The fraction of sp³-hybridized carbons (Fsp3) is 0.0952. The molecule has 164 valence electrons. The predicted octanol–water partition coefficient (Wildman–Crippen LogP) is 4.66. The van der Waals surface area contributed by atoms with Crippen LogP contribution in [0.3, 0.4) is 0 Å². The third-order valence-corrected chi connectivity index (χ3v) is 5.03. The first-order chi connectivity index (χ1) is 15.3. The molecule has 32 heavy (non-hydrogen) atoms. The molecule has 0 aliphatic carbocycles. The Morgan fingerprint density at radius 3 is 2.28 bits per heavy atom. The number of amides is 1. The number of hydrogen-bond acceptors (Lipinski definition) is 6. The van der Waals surface area contributed by atoms with E-state index in [2.05, 4.69) is 15.6 Å². The molecule has 11 heteroatoms. The molecule has 3 aromatic rings. The van der Waals surface area contributed by atoms with Crippen molar-refractivity contribution >= 4 is 52.1 Å². The number of pyridine rings is 1. The van der Waals surface area contributed by atoms with Gasteiger partial charge in [-0.2, -0.15) is 0 Å². The Bertz CT molecular complexity index is 1150. The first-order valence-corrected chi connectivity index (χ1v) is 9.94. The van der Waals surface area contributed by atoms with E-state index in [1.54, 1.807) is 30.3 Å². The molecule has 0 bridgehead atoms. The molecule has 3 N–H and O–H groups in total. The molecule has 0 radical (unpaired) electrons. The van der Waals surface area contributed by atoms with Gasteiger partial charge < -0.3 is 15.7 Å². The number of nitrogens with zero attached hydrogens (tertiary/aromatic N) is 2. The summed E-state index contributed by atoms with van der Waals surface area (Å²) in [6, 6.07) is 11.2. The molecule has 1 aromatic heterocycles. The van der Waals surface area contributed by atoms with Crippen molar-refractivity contribution in [1.82, 2.24) is 4.98 Å². The normalized spacial score (nSPS) is 11.4. The number of aliphatic carboxylic acids is 1. The highest BCUT2D eigenvalue weighted by molar-refractivity contribution is 6.40. The summed E-state index contributed by atoms with van der Waals surface area (Å²) in [7, 11) is 0. The van der Waals surface area contributed by atoms with Crippen LogP contribution in [0.2, 0.25) is 10.0 Å². The van der Waals surface area contributed by atoms with Crippen LogP contribution in [0.1, 0.15) is 15.9 Å². The van der Waals surface area contributed by atoms with E-state index in [1.165, 1.54) is 30.6 Å². The summed E-state index contributed by atoms with van der Waals surface area (Å²) in [5, 5.41) is 26.3. The van der Waals surface area contributed by atoms with Crippen LogP contribution >= 0.6 is 23.2 Å². The largest absolute Gasteiger partial charge is 0.480 e. The number of nitro benzene ring substituents is 1. The average molecular weight is 475 g/mol. The van der Waals surface area contributed by atoms with Gasteiger partial charge in [0, 0.05) is 30.6 Å². The number of rotatable bonds is 8. The molecule has 2 aromatic carbocycles. The number of carboxylic acids is 1. The van der Waals surface area contributed by atoms with Gasteiger partial charge >= 0.3 is 5.97 Å². The number of carbonyl (C=O) groups excluding carboxylic acids is 1. The number of aromatic nitrogens is 1. The molecule has 0 spiro atoms. The molecular formula is C21H16Cl2N4O5. The van der Waals surface area contributed by atoms with Crippen molar-refractivity contribution in [2.75, 3.05) is 10.6 Å². The lowest BCUT2D eigenvalue weighted by atomic mass is 10.0. The van der Waals surface area contributed by atoms with Gasteiger partial charge in [-0.3, -0.25) is 19.9 Å². The zero-order chi connectivity index (χ0) is 23.3. The summed E-state index contributed by atoms with van der Waals surface area (Å²) in [5.74, 6) is -1.68. The maximum atomic E-state index is 12.4. The van der Waals surface area contributed by atoms with Crippen LogP contribution in [0.4, 0.5) is 17.1 Å². The van der Waals surface area contributed by atoms with Crippen LogP contribution in [0.15, 0.2) is 60.9 Å². The van der Waals surface area contributed by atoms with E-state index in [0.29, 0.717) is 11.3 Å². The monoisotopic (exact) mass is 474 g/mol. The number of anilines is 2. The fourth-order valence-electron chi connectivity index (χ4n) is 2.92. The minimum atomic E-state index is -1.16. The van der Waals surface area contributed by atoms with Crippen molar-refractivity contribution in [3.8, 4) is 0 Å². The van der Waals surface area contributed by atoms with E-state index in [0.717, 1.165) is 0 Å². The summed E-state index contributed by atoms with van der Waals surface area (Å²) < 4.78 is 0. The number of halogens is 2. The number of nitro groups is 1. The Kier molecular flexibility index (Phi) is 7.24. The van der Waals surface area contributed by atoms with Gasteiger partial charge in [-0.15, -0.1) is 0 Å². The van der Waals surface area contributed by atoms with E-state index >= 15 is 0 Å². The van der Waals surface area contributed by atoms with Crippen LogP contribution in [-0.4, -0.2) is 32.9 Å². The number of hydrogen-bond donors (Lipinski definition) is 3. The summed E-state index contributed by atoms with van der Waals surface area (Å²) >= 11 is 12.0. The van der Waals surface area contributed by atoms with Crippen LogP contribution in [-0.2, 0) is 11.2 Å². The molecule has 0 aliphatic heterocycles. The Morgan fingerprint density at radius 2 is 1.69 bits per heavy atom. The first kappa shape index (κ1) is 23.0. The van der Waals surface area contributed by atoms with Crippen LogP contribution in [0.25, 0.3) is 0 Å². The minimum Gasteiger partial charge on any atom is -0.480 e. The Hall–Kier alpha value is -3.69. The number of carbonyl (C=O) groups is 2. The van der Waals surface area contributed by atoms with E-state index in [-0.39, 0.29) is 33.4 Å². The molecule has 1 atom stereocenters. The van der Waals surface area contributed by atoms with Gasteiger partial charge in [-0.05, 0) is 23.8 Å². The number of carboxylic acid groups (broad SMARTS) is 1. The molecule has 0 fully saturated rings. The van der Waals surface area contributed by atoms with Crippen molar-refractivity contribution < 1.29 is 19.6 Å². The quantitative estimate of drug-likeness (QED) is 0.319. The van der Waals surface area contributed by atoms with Crippen molar-refractivity contribution in [3.05, 3.63) is 92.2 Å². The number of para-hydroxylation sites is 2. The lowest BCUT2D eigenvalue weighted by Gasteiger charge is -2.16. The molecule has 0 aliphatic rings. The van der Waals surface area contributed by atoms with Gasteiger partial charge in [-0.1, -0.05) is 47.5 Å². The maximum Gasteiger partial charge on any atom is 0.326 e. The predicted molar refractivity (Wildman–Crippen MR) is 120 cm³/mol. The Balaban J connectivity index is 1.72. The summed E-state index contributed by atoms with van der Waals surface area (Å²) in [6.45, 7) is 0. The molecule has 0 saturated carbocycles. The highest BCUT2D eigenvalue weighted by Gasteiger charge is 2.22. The fourth-order valence-corrected chi connectivity index (χ4v) is 3.46. The van der Waals surface area contributed by atoms with Crippen molar-refractivity contribution in [2.45, 2.75) is 12.5 Å². The number of nitrogens with one attached hydrogen (secondary N) is 2. The smallest absolute Gasteiger partial charge is 0.326 e. The summed E-state index contributed by atoms with van der Waals surface area (Å²) in [6.07, 6.45) is 2.67. The number of benzene rings is 2. The molecular weight excluding hydrogens is 459 g/mol. The lowest BCUT2D eigenvalue weighted by Crippen LogP contribution is -2.31. The van der Waals surface area contributed by atoms with Crippen LogP contribution in [0.5, 0.6) is 0 Å². The second-order valence-electron chi connectivity index (χ2n) is 6.64. The van der Waals surface area contributed by atoms with Crippen molar-refractivity contribution in [2.24, 2.45) is 0 Å². The van der Waals surface area contributed by atoms with Gasteiger partial charge in [0.15, 0.2) is 0 Å². The van der Waals surface area contributed by atoms with Crippen LogP contribution in [0, 0.1) is 10.1 Å². The highest BCUT2D eigenvalue weighted by atomic mass is 35.5. The summed E-state index contributed by atoms with van der Waals surface area (Å²) in [5.41, 5.74) is 1.07. The molecule has 9 nitrogen and oxygen atoms in total. The topological polar surface area (TPSA) is 134 Å². The zero-order valence-electron chi connectivity index (χ0n) is 16.3. The third-order valence-electron chi connectivity index (χ3n) is 4.46. The van der Waals surface area contributed by atoms with Crippen molar-refractivity contribution in [3.63, 3.8) is 0 Å². The van der Waals surface area contributed by atoms with E-state index in [9.17, 15) is 24.8 Å². The molecule has 0 saturated heterocycles. The van der Waals surface area contributed by atoms with Gasteiger partial charge in [0.1, 0.15) is 11.7 Å². The second kappa shape index (κ2) is 10.1. The molecule has 3 rings (SSSR count). The Labute approximate surface area is 192 Å². The third kappa shape index (κ3) is 5.51. The molecule has 1 heterocycles. The molecule has 0 unspecified atom stereocenters. The van der Waals surface area contributed by atoms with Gasteiger partial charge in [0.2, 0.25) is 0 Å². The zero-order valence-corrected chi connectivity index (χ0v) is 17.8. The Morgan fingerprint density at radius 1 is 1.06 bits per heavy atom. The summed E-state index contributed by atoms with van der Waals surface area (Å²) in [4.78, 5) is 38.5. The van der Waals surface area contributed by atoms with Gasteiger partial charge in [-0.25, -0.2) is 4.79 Å². The SMILES string of the molecule is O=C(Nc1ccc(C[C@H](Nc2ccccc2[N+](=O)[O-])C(=O)O)cc1)c1c(Cl)cncc1Cl.